The van der Waals surface area contributed by atoms with Crippen LogP contribution in [0.5, 0.6) is 0 Å². The van der Waals surface area contributed by atoms with Crippen molar-refractivity contribution in [3.05, 3.63) is 188 Å². The molecule has 99 heavy (non-hydrogen) atoms. The lowest BCUT2D eigenvalue weighted by molar-refractivity contribution is 0.0146. The van der Waals surface area contributed by atoms with E-state index in [-0.39, 0.29) is 29.7 Å². The number of nitrogens with zero attached hydrogens (tertiary/aromatic N) is 9. The fourth-order valence-electron chi connectivity index (χ4n) is 14.2. The van der Waals surface area contributed by atoms with Gasteiger partial charge in [-0.15, -0.1) is 0 Å². The van der Waals surface area contributed by atoms with E-state index in [2.05, 4.69) is 94.7 Å². The van der Waals surface area contributed by atoms with Crippen molar-refractivity contribution in [3.8, 4) is 0 Å². The predicted octanol–water partition coefficient (Wildman–Crippen LogP) is 9.43. The Morgan fingerprint density at radius 1 is 0.374 bits per heavy atom. The Balaban J connectivity index is 0.000000179. The first kappa shape index (κ1) is 68.5. The van der Waals surface area contributed by atoms with Crippen LogP contribution >= 0.6 is 0 Å². The Morgan fingerprint density at radius 3 is 0.949 bits per heavy atom. The van der Waals surface area contributed by atoms with Crippen molar-refractivity contribution in [1.82, 2.24) is 51.1 Å². The van der Waals surface area contributed by atoms with E-state index in [1.807, 2.05) is 93.6 Å². The van der Waals surface area contributed by atoms with Crippen molar-refractivity contribution in [2.75, 3.05) is 131 Å². The van der Waals surface area contributed by atoms with E-state index >= 15 is 0 Å². The topological polar surface area (TPSA) is 220 Å². The van der Waals surface area contributed by atoms with Gasteiger partial charge in [-0.05, 0) is 190 Å². The van der Waals surface area contributed by atoms with Crippen LogP contribution in [0.2, 0.25) is 0 Å². The number of benzene rings is 6. The lowest BCUT2D eigenvalue weighted by Crippen LogP contribution is -2.51. The van der Waals surface area contributed by atoms with Gasteiger partial charge in [0.25, 0.3) is 23.6 Å². The van der Waals surface area contributed by atoms with Gasteiger partial charge >= 0.3 is 6.09 Å². The molecule has 5 amide bonds. The van der Waals surface area contributed by atoms with Gasteiger partial charge in [0.05, 0.1) is 45.6 Å². The highest BCUT2D eigenvalue weighted by atomic mass is 16.6. The van der Waals surface area contributed by atoms with Gasteiger partial charge in [0.2, 0.25) is 0 Å². The maximum absolute atomic E-state index is 13.0. The van der Waals surface area contributed by atoms with Gasteiger partial charge in [0.15, 0.2) is 0 Å². The first-order chi connectivity index (χ1) is 48.2. The average molecular weight is 1340 g/mol. The number of aliphatic imine (C=N–C) groups is 4. The van der Waals surface area contributed by atoms with Crippen LogP contribution in [0.4, 0.5) is 27.5 Å². The van der Waals surface area contributed by atoms with Crippen molar-refractivity contribution in [3.63, 3.8) is 0 Å². The molecule has 0 aromatic heterocycles. The second-order valence-corrected chi connectivity index (χ2v) is 28.2. The fourth-order valence-corrected chi connectivity index (χ4v) is 14.2. The quantitative estimate of drug-likeness (QED) is 0.0485. The molecule has 0 unspecified atom stereocenters. The van der Waals surface area contributed by atoms with Gasteiger partial charge in [-0.25, -0.2) is 4.79 Å². The van der Waals surface area contributed by atoms with Crippen LogP contribution in [0.15, 0.2) is 141 Å². The average Bonchev–Trinajstić information content (AvgIpc) is 1.67. The van der Waals surface area contributed by atoms with E-state index in [1.165, 1.54) is 38.5 Å². The molecule has 0 spiro atoms. The van der Waals surface area contributed by atoms with Crippen LogP contribution in [0, 0.1) is 0 Å². The molecule has 0 saturated carbocycles. The summed E-state index contributed by atoms with van der Waals surface area (Å²) in [5.74, 6) is -0.182. The molecule has 0 radical (unpaired) electrons. The number of piperazine rings is 2. The highest BCUT2D eigenvalue weighted by Gasteiger charge is 2.28. The van der Waals surface area contributed by atoms with Crippen LogP contribution in [-0.4, -0.2) is 214 Å². The van der Waals surface area contributed by atoms with E-state index in [1.54, 1.807) is 4.90 Å². The minimum atomic E-state index is -0.504. The Bertz CT molecular complexity index is 3950. The smallest absolute Gasteiger partial charge is 0.410 e. The summed E-state index contributed by atoms with van der Waals surface area (Å²) >= 11 is 0. The minimum absolute atomic E-state index is 0.0190. The van der Waals surface area contributed by atoms with Crippen molar-refractivity contribution < 1.29 is 28.7 Å². The Morgan fingerprint density at radius 2 is 0.657 bits per heavy atom. The number of carbonyl (C=O) groups excluding carboxylic acids is 5. The highest BCUT2D eigenvalue weighted by molar-refractivity contribution is 6.12. The van der Waals surface area contributed by atoms with Gasteiger partial charge in [0, 0.05) is 153 Å². The van der Waals surface area contributed by atoms with Crippen molar-refractivity contribution in [2.45, 2.75) is 90.6 Å². The zero-order valence-electron chi connectivity index (χ0n) is 57.7. The maximum Gasteiger partial charge on any atom is 0.410 e. The summed E-state index contributed by atoms with van der Waals surface area (Å²) in [4.78, 5) is 94.7. The first-order valence-corrected chi connectivity index (χ1v) is 35.9. The molecule has 8 aliphatic rings. The Hall–Kier alpha value is -9.05. The monoisotopic (exact) mass is 1330 g/mol. The first-order valence-electron chi connectivity index (χ1n) is 35.9. The third kappa shape index (κ3) is 17.9. The molecular weight excluding hydrogens is 1240 g/mol. The molecule has 6 aromatic carbocycles. The Kier molecular flexibility index (Phi) is 22.0. The lowest BCUT2D eigenvalue weighted by Gasteiger charge is -2.35. The van der Waals surface area contributed by atoms with Gasteiger partial charge in [-0.1, -0.05) is 61.4 Å². The molecule has 0 atom stereocenters. The summed E-state index contributed by atoms with van der Waals surface area (Å²) < 4.78 is 5.49. The third-order valence-electron chi connectivity index (χ3n) is 19.9. The fraction of sp³-hybridized carbons (Fsp3) is 0.430. The van der Waals surface area contributed by atoms with Gasteiger partial charge in [-0.2, -0.15) is 0 Å². The van der Waals surface area contributed by atoms with E-state index in [0.29, 0.717) is 87.2 Å². The summed E-state index contributed by atoms with van der Waals surface area (Å²) in [6.45, 7) is 22.9. The summed E-state index contributed by atoms with van der Waals surface area (Å²) in [6, 6.07) is 39.9. The molecule has 8 heterocycles. The van der Waals surface area contributed by atoms with Crippen LogP contribution in [0.3, 0.4) is 0 Å². The number of rotatable bonds is 20. The number of piperidine rings is 2. The zero-order chi connectivity index (χ0) is 68.2. The second kappa shape index (κ2) is 31.9. The summed E-state index contributed by atoms with van der Waals surface area (Å²) in [5, 5.41) is 15.7. The minimum Gasteiger partial charge on any atom is -0.444 e. The van der Waals surface area contributed by atoms with E-state index in [0.717, 1.165) is 182 Å². The Labute approximate surface area is 581 Å². The second-order valence-electron chi connectivity index (χ2n) is 28.2. The summed E-state index contributed by atoms with van der Waals surface area (Å²) in [7, 11) is 0. The molecular formula is C79H94N14O6. The highest BCUT2D eigenvalue weighted by Crippen LogP contribution is 2.35. The van der Waals surface area contributed by atoms with Crippen molar-refractivity contribution >= 4 is 75.3 Å². The molecule has 5 N–H and O–H groups in total. The molecule has 4 saturated heterocycles. The molecule has 4 fully saturated rings. The standard InChI is InChI=1S/C42H51N7O4.C37H43N7O2/c1-42(2,3)53-41(52)49-23-21-48(22-24-49)20-16-44-40(51)32-12-14-36-34(26-32)28-38(46-36)30-9-7-29(8-10-30)37-27-33-25-31(11-13-35(33)45-37)39(50)43-15-19-47-17-5-4-6-18-47;45-36(39-14-20-43-16-2-1-3-17-43)28-8-10-32-30(22-28)24-34(41-32)26-4-6-27(7-5-26)35-25-31-23-29(9-11-33(31)42-35)37(46)40-15-21-44-18-12-38-13-19-44/h7-14,25-26H,4-6,15-24,27-28H2,1-3H3,(H,43,50)(H,44,51);4-11,22-23,38H,1-3,12-21,24-25H2,(H,39,45)(H,40,46). The molecule has 516 valence electrons. The van der Waals surface area contributed by atoms with E-state index in [4.69, 9.17) is 24.7 Å². The normalized spacial score (nSPS) is 17.7. The largest absolute Gasteiger partial charge is 0.444 e. The summed E-state index contributed by atoms with van der Waals surface area (Å²) in [5.41, 5.74) is 18.3. The van der Waals surface area contributed by atoms with Crippen LogP contribution < -0.4 is 26.6 Å². The number of hydrogen-bond donors (Lipinski definition) is 5. The molecule has 6 aromatic rings. The van der Waals surface area contributed by atoms with Crippen LogP contribution in [-0.2, 0) is 30.4 Å². The van der Waals surface area contributed by atoms with Crippen LogP contribution in [0.1, 0.15) is 145 Å². The van der Waals surface area contributed by atoms with E-state index < -0.39 is 5.60 Å². The SMILES string of the molecule is CC(C)(C)OC(=O)N1CCN(CCNC(=O)c2ccc3c(c2)CC(c2ccc(C4=Nc5ccc(C(=O)NCCN6CCCCC6)cc5C4)cc2)=N3)CC1.O=C(NCCN1CCCCC1)c1ccc2c(c1)CC(c1ccc(C3=Nc4ccc(C(=O)NCCN5CCNCC5)cc4C3)cc1)=N2. The van der Waals surface area contributed by atoms with Gasteiger partial charge in [0.1, 0.15) is 5.60 Å². The molecule has 8 aliphatic heterocycles. The third-order valence-corrected chi connectivity index (χ3v) is 19.9. The molecule has 20 nitrogen and oxygen atoms in total. The number of carbonyl (C=O) groups is 5. The van der Waals surface area contributed by atoms with E-state index in [9.17, 15) is 24.0 Å². The molecule has 20 heteroatoms. The number of ether oxygens (including phenoxy) is 1. The van der Waals surface area contributed by atoms with Crippen molar-refractivity contribution in [2.24, 2.45) is 20.0 Å². The predicted molar refractivity (Wildman–Crippen MR) is 392 cm³/mol. The maximum atomic E-state index is 13.0. The lowest BCUT2D eigenvalue weighted by atomic mass is 9.98. The number of fused-ring (bicyclic) bond motifs is 4. The summed E-state index contributed by atoms with van der Waals surface area (Å²) in [6.07, 6.45) is 10.1. The van der Waals surface area contributed by atoms with Gasteiger partial charge < -0.3 is 46.0 Å². The molecule has 0 aliphatic carbocycles. The van der Waals surface area contributed by atoms with Crippen LogP contribution in [0.25, 0.3) is 0 Å². The number of hydrogen-bond acceptors (Lipinski definition) is 15. The number of likely N-dealkylation sites (tertiary alicyclic amines) is 2. The molecule has 14 rings (SSSR count). The van der Waals surface area contributed by atoms with Gasteiger partial charge in [-0.3, -0.25) is 48.9 Å². The zero-order valence-corrected chi connectivity index (χ0v) is 57.7. The van der Waals surface area contributed by atoms with Crippen molar-refractivity contribution in [1.29, 1.82) is 0 Å². The molecule has 0 bridgehead atoms. The number of amides is 5. The number of nitrogens with one attached hydrogen (secondary N) is 5.